The minimum Gasteiger partial charge on any atom is -0.497 e. The Morgan fingerprint density at radius 3 is 2.33 bits per heavy atom. The van der Waals surface area contributed by atoms with E-state index in [9.17, 15) is 19.2 Å². The second kappa shape index (κ2) is 10.4. The summed E-state index contributed by atoms with van der Waals surface area (Å²) in [6.45, 7) is 5.83. The van der Waals surface area contributed by atoms with Crippen molar-refractivity contribution in [1.82, 2.24) is 5.32 Å². The standard InChI is InChI=1S/C33H34N4O5/c1-19(2)17-25-28-29(31(40)37(30(28)39)22-13-15-23(42-4)16-14-22)33(35-25)24-7-5-6-8-26(24)36(32(33)41)18-27(38)34-21-11-9-20(3)10-12-21/h5-16,19,25,28-29,35H,17-18H2,1-4H3,(H,34,38)/t25-,28-,29-,33-/m0/s1. The molecule has 3 heterocycles. The van der Waals surface area contributed by atoms with Gasteiger partial charge in [0.1, 0.15) is 17.8 Å². The van der Waals surface area contributed by atoms with Crippen molar-refractivity contribution in [2.75, 3.05) is 28.8 Å². The fourth-order valence-corrected chi connectivity index (χ4v) is 6.78. The molecule has 9 nitrogen and oxygen atoms in total. The van der Waals surface area contributed by atoms with E-state index in [0.29, 0.717) is 34.8 Å². The van der Waals surface area contributed by atoms with Crippen LogP contribution in [0.15, 0.2) is 72.8 Å². The van der Waals surface area contributed by atoms with Gasteiger partial charge >= 0.3 is 0 Å². The third-order valence-electron chi connectivity index (χ3n) is 8.56. The van der Waals surface area contributed by atoms with Gasteiger partial charge in [-0.3, -0.25) is 24.5 Å². The van der Waals surface area contributed by atoms with Gasteiger partial charge in [-0.05, 0) is 61.7 Å². The van der Waals surface area contributed by atoms with Crippen molar-refractivity contribution < 1.29 is 23.9 Å². The van der Waals surface area contributed by atoms with Gasteiger partial charge < -0.3 is 15.0 Å². The lowest BCUT2D eigenvalue weighted by molar-refractivity contribution is -0.132. The molecule has 1 spiro atoms. The number of ether oxygens (including phenoxy) is 1. The molecule has 3 aromatic carbocycles. The number of carbonyl (C=O) groups excluding carboxylic acids is 4. The number of hydrogen-bond acceptors (Lipinski definition) is 6. The number of aryl methyl sites for hydroxylation is 1. The van der Waals surface area contributed by atoms with Crippen LogP contribution in [0.3, 0.4) is 0 Å². The predicted octanol–water partition coefficient (Wildman–Crippen LogP) is 4.01. The average Bonchev–Trinajstić information content (AvgIpc) is 3.53. The SMILES string of the molecule is COc1ccc(N2C(=O)[C@H]3[C@H](CC(C)C)N[C@]4(C(=O)N(CC(=O)Nc5ccc(C)cc5)c5ccccc54)[C@@H]3C2=O)cc1. The second-order valence-corrected chi connectivity index (χ2v) is 11.7. The molecule has 4 atom stereocenters. The molecule has 0 saturated carbocycles. The van der Waals surface area contributed by atoms with Crippen LogP contribution < -0.4 is 25.2 Å². The molecule has 0 radical (unpaired) electrons. The highest BCUT2D eigenvalue weighted by molar-refractivity contribution is 6.26. The zero-order chi connectivity index (χ0) is 29.8. The van der Waals surface area contributed by atoms with Gasteiger partial charge in [-0.25, -0.2) is 4.90 Å². The highest BCUT2D eigenvalue weighted by atomic mass is 16.5. The Morgan fingerprint density at radius 1 is 0.976 bits per heavy atom. The number of fused-ring (bicyclic) bond motifs is 4. The fraction of sp³-hybridized carbons (Fsp3) is 0.333. The molecule has 42 heavy (non-hydrogen) atoms. The van der Waals surface area contributed by atoms with Crippen molar-refractivity contribution in [2.24, 2.45) is 17.8 Å². The van der Waals surface area contributed by atoms with E-state index in [4.69, 9.17) is 4.74 Å². The maximum Gasteiger partial charge on any atom is 0.253 e. The van der Waals surface area contributed by atoms with E-state index >= 15 is 0 Å². The Hall–Kier alpha value is -4.50. The molecule has 3 aliphatic heterocycles. The summed E-state index contributed by atoms with van der Waals surface area (Å²) < 4.78 is 5.26. The topological polar surface area (TPSA) is 108 Å². The highest BCUT2D eigenvalue weighted by Gasteiger charge is 2.71. The van der Waals surface area contributed by atoms with E-state index in [0.717, 1.165) is 5.56 Å². The number of anilines is 3. The van der Waals surface area contributed by atoms with Crippen molar-refractivity contribution in [3.63, 3.8) is 0 Å². The first-order valence-corrected chi connectivity index (χ1v) is 14.2. The summed E-state index contributed by atoms with van der Waals surface area (Å²) in [6, 6.07) is 21.0. The molecule has 6 rings (SSSR count). The highest BCUT2D eigenvalue weighted by Crippen LogP contribution is 2.55. The molecule has 2 saturated heterocycles. The van der Waals surface area contributed by atoms with Crippen LogP contribution in [0, 0.1) is 24.7 Å². The molecule has 0 bridgehead atoms. The lowest BCUT2D eigenvalue weighted by atomic mass is 9.76. The van der Waals surface area contributed by atoms with Gasteiger partial charge in [0.15, 0.2) is 0 Å². The molecule has 2 N–H and O–H groups in total. The summed E-state index contributed by atoms with van der Waals surface area (Å²) in [5.74, 6) is -2.40. The zero-order valence-corrected chi connectivity index (χ0v) is 24.1. The van der Waals surface area contributed by atoms with Gasteiger partial charge in [0.05, 0.1) is 24.6 Å². The van der Waals surface area contributed by atoms with Gasteiger partial charge in [-0.15, -0.1) is 0 Å². The maximum atomic E-state index is 14.6. The van der Waals surface area contributed by atoms with Crippen LogP contribution >= 0.6 is 0 Å². The van der Waals surface area contributed by atoms with Crippen LogP contribution in [-0.2, 0) is 24.7 Å². The molecule has 9 heteroatoms. The van der Waals surface area contributed by atoms with E-state index in [1.54, 1.807) is 43.5 Å². The number of imide groups is 1. The molecule has 0 aromatic heterocycles. The average molecular weight is 567 g/mol. The summed E-state index contributed by atoms with van der Waals surface area (Å²) in [5, 5.41) is 6.37. The summed E-state index contributed by atoms with van der Waals surface area (Å²) in [7, 11) is 1.55. The molecule has 4 amide bonds. The van der Waals surface area contributed by atoms with Crippen molar-refractivity contribution in [1.29, 1.82) is 0 Å². The maximum absolute atomic E-state index is 14.6. The number of nitrogens with zero attached hydrogens (tertiary/aromatic N) is 2. The molecular formula is C33H34N4O5. The first-order valence-electron chi connectivity index (χ1n) is 14.2. The van der Waals surface area contributed by atoms with Crippen LogP contribution in [-0.4, -0.2) is 43.3 Å². The van der Waals surface area contributed by atoms with Crippen LogP contribution in [0.1, 0.15) is 31.4 Å². The van der Waals surface area contributed by atoms with Gasteiger partial charge in [0.2, 0.25) is 17.7 Å². The van der Waals surface area contributed by atoms with Crippen molar-refractivity contribution in [3.8, 4) is 5.75 Å². The molecule has 3 aliphatic rings. The first kappa shape index (κ1) is 27.7. The number of para-hydroxylation sites is 1. The molecule has 0 aliphatic carbocycles. The molecule has 2 fully saturated rings. The normalized spacial score (nSPS) is 24.5. The van der Waals surface area contributed by atoms with Crippen LogP contribution in [0.4, 0.5) is 17.1 Å². The smallest absolute Gasteiger partial charge is 0.253 e. The van der Waals surface area contributed by atoms with E-state index in [1.807, 2.05) is 43.3 Å². The van der Waals surface area contributed by atoms with E-state index in [2.05, 4.69) is 24.5 Å². The number of methoxy groups -OCH3 is 1. The van der Waals surface area contributed by atoms with Gasteiger partial charge in [-0.1, -0.05) is 49.7 Å². The summed E-state index contributed by atoms with van der Waals surface area (Å²) >= 11 is 0. The van der Waals surface area contributed by atoms with Crippen molar-refractivity contribution in [2.45, 2.75) is 38.8 Å². The molecule has 0 unspecified atom stereocenters. The number of amides is 4. The fourth-order valence-electron chi connectivity index (χ4n) is 6.78. The Morgan fingerprint density at radius 2 is 1.67 bits per heavy atom. The minimum absolute atomic E-state index is 0.208. The van der Waals surface area contributed by atoms with Crippen LogP contribution in [0.5, 0.6) is 5.75 Å². The first-order chi connectivity index (χ1) is 20.1. The summed E-state index contributed by atoms with van der Waals surface area (Å²) in [4.78, 5) is 58.7. The Kier molecular flexibility index (Phi) is 6.85. The third kappa shape index (κ3) is 4.27. The van der Waals surface area contributed by atoms with Crippen LogP contribution in [0.2, 0.25) is 0 Å². The zero-order valence-electron chi connectivity index (χ0n) is 24.1. The third-order valence-corrected chi connectivity index (χ3v) is 8.56. The summed E-state index contributed by atoms with van der Waals surface area (Å²) in [6.07, 6.45) is 0.599. The van der Waals surface area contributed by atoms with Crippen molar-refractivity contribution >= 4 is 40.7 Å². The van der Waals surface area contributed by atoms with Gasteiger partial charge in [0.25, 0.3) is 5.91 Å². The molecule has 3 aromatic rings. The van der Waals surface area contributed by atoms with E-state index in [1.165, 1.54) is 9.80 Å². The molecular weight excluding hydrogens is 532 g/mol. The predicted molar refractivity (Wildman–Crippen MR) is 159 cm³/mol. The van der Waals surface area contributed by atoms with E-state index < -0.39 is 35.2 Å². The number of hydrogen-bond donors (Lipinski definition) is 2. The van der Waals surface area contributed by atoms with Crippen LogP contribution in [0.25, 0.3) is 0 Å². The second-order valence-electron chi connectivity index (χ2n) is 11.7. The Balaban J connectivity index is 1.39. The minimum atomic E-state index is -1.47. The largest absolute Gasteiger partial charge is 0.497 e. The van der Waals surface area contributed by atoms with Gasteiger partial charge in [-0.2, -0.15) is 0 Å². The number of benzene rings is 3. The van der Waals surface area contributed by atoms with Crippen molar-refractivity contribution in [3.05, 3.63) is 83.9 Å². The summed E-state index contributed by atoms with van der Waals surface area (Å²) in [5.41, 5.74) is 1.82. The Bertz CT molecular complexity index is 1570. The number of rotatable bonds is 7. The Labute approximate surface area is 244 Å². The van der Waals surface area contributed by atoms with Gasteiger partial charge in [0, 0.05) is 23.0 Å². The lowest BCUT2D eigenvalue weighted by Crippen LogP contribution is -2.56. The lowest BCUT2D eigenvalue weighted by Gasteiger charge is -2.31. The quantitative estimate of drug-likeness (QED) is 0.419. The number of nitrogens with one attached hydrogen (secondary N) is 2. The van der Waals surface area contributed by atoms with E-state index in [-0.39, 0.29) is 24.3 Å². The monoisotopic (exact) mass is 566 g/mol. The number of carbonyl (C=O) groups is 4. The molecule has 216 valence electrons.